The summed E-state index contributed by atoms with van der Waals surface area (Å²) in [6.45, 7) is 0.385. The van der Waals surface area contributed by atoms with Crippen molar-refractivity contribution in [3.05, 3.63) is 21.6 Å². The van der Waals surface area contributed by atoms with Crippen LogP contribution in [-0.4, -0.2) is 41.3 Å². The zero-order valence-electron chi connectivity index (χ0n) is 10.6. The van der Waals surface area contributed by atoms with Crippen LogP contribution in [0.3, 0.4) is 0 Å². The molecule has 1 atom stereocenters. The predicted octanol–water partition coefficient (Wildman–Crippen LogP) is 0.339. The largest absolute Gasteiger partial charge is 0.396 e. The zero-order valence-corrected chi connectivity index (χ0v) is 11.4. The van der Waals surface area contributed by atoms with Crippen LogP contribution in [0.4, 0.5) is 5.69 Å². The molecule has 104 valence electrons. The third kappa shape index (κ3) is 4.24. The molecule has 6 nitrogen and oxygen atoms in total. The molecular weight excluding hydrogens is 270 g/mol. The maximum Gasteiger partial charge on any atom is 0.292 e. The minimum absolute atomic E-state index is 0.0255. The van der Waals surface area contributed by atoms with E-state index in [9.17, 15) is 4.79 Å². The van der Waals surface area contributed by atoms with Crippen molar-refractivity contribution in [2.24, 2.45) is 0 Å². The maximum atomic E-state index is 12.1. The van der Waals surface area contributed by atoms with Crippen molar-refractivity contribution in [3.63, 3.8) is 0 Å². The molecule has 0 spiro atoms. The summed E-state index contributed by atoms with van der Waals surface area (Å²) in [5.74, 6) is 2.34. The molecule has 2 N–H and O–H groups in total. The lowest BCUT2D eigenvalue weighted by atomic mass is 10.2. The van der Waals surface area contributed by atoms with Gasteiger partial charge in [0.25, 0.3) is 5.56 Å². The van der Waals surface area contributed by atoms with Crippen LogP contribution in [0.2, 0.25) is 5.02 Å². The van der Waals surface area contributed by atoms with Crippen molar-refractivity contribution in [3.8, 4) is 12.3 Å². The van der Waals surface area contributed by atoms with E-state index in [4.69, 9.17) is 27.9 Å². The van der Waals surface area contributed by atoms with Gasteiger partial charge in [0, 0.05) is 13.7 Å². The van der Waals surface area contributed by atoms with Gasteiger partial charge in [-0.3, -0.25) is 4.79 Å². The van der Waals surface area contributed by atoms with Gasteiger partial charge in [-0.05, 0) is 6.42 Å². The molecule has 0 radical (unpaired) electrons. The van der Waals surface area contributed by atoms with Crippen LogP contribution in [0.25, 0.3) is 0 Å². The lowest BCUT2D eigenvalue weighted by Gasteiger charge is -2.18. The number of aliphatic hydroxyl groups is 1. The molecule has 1 aromatic rings. The fraction of sp³-hybridized carbons (Fsp3) is 0.500. The molecule has 0 aromatic carbocycles. The fourth-order valence-electron chi connectivity index (χ4n) is 1.56. The number of methoxy groups -OCH3 is 1. The molecule has 0 fully saturated rings. The Morgan fingerprint density at radius 3 is 3.05 bits per heavy atom. The number of aromatic nitrogens is 2. The smallest absolute Gasteiger partial charge is 0.292 e. The first-order chi connectivity index (χ1) is 9.13. The van der Waals surface area contributed by atoms with E-state index in [-0.39, 0.29) is 29.9 Å². The van der Waals surface area contributed by atoms with Crippen LogP contribution in [-0.2, 0) is 11.3 Å². The van der Waals surface area contributed by atoms with Gasteiger partial charge in [0.2, 0.25) is 0 Å². The van der Waals surface area contributed by atoms with E-state index in [2.05, 4.69) is 16.3 Å². The normalized spacial score (nSPS) is 11.9. The van der Waals surface area contributed by atoms with Crippen molar-refractivity contribution < 1.29 is 9.84 Å². The second kappa shape index (κ2) is 7.79. The highest BCUT2D eigenvalue weighted by Crippen LogP contribution is 2.16. The Morgan fingerprint density at radius 1 is 1.74 bits per heavy atom. The van der Waals surface area contributed by atoms with Gasteiger partial charge in [0.15, 0.2) is 0 Å². The predicted molar refractivity (Wildman–Crippen MR) is 73.3 cm³/mol. The highest BCUT2D eigenvalue weighted by Gasteiger charge is 2.14. The first kappa shape index (κ1) is 15.5. The molecule has 1 rings (SSSR count). The summed E-state index contributed by atoms with van der Waals surface area (Å²) in [6.07, 6.45) is 6.94. The summed E-state index contributed by atoms with van der Waals surface area (Å²) in [6, 6.07) is -0.220. The van der Waals surface area contributed by atoms with Crippen molar-refractivity contribution in [1.29, 1.82) is 0 Å². The monoisotopic (exact) mass is 285 g/mol. The molecule has 7 heteroatoms. The Balaban J connectivity index is 3.01. The maximum absolute atomic E-state index is 12.1. The number of nitrogens with one attached hydrogen (secondary N) is 1. The van der Waals surface area contributed by atoms with Crippen molar-refractivity contribution in [2.75, 3.05) is 25.6 Å². The number of nitrogens with zero attached hydrogens (tertiary/aromatic N) is 2. The molecule has 0 aliphatic rings. The van der Waals surface area contributed by atoms with Crippen molar-refractivity contribution in [1.82, 2.24) is 9.78 Å². The summed E-state index contributed by atoms with van der Waals surface area (Å²) in [7, 11) is 1.54. The van der Waals surface area contributed by atoms with Gasteiger partial charge in [-0.25, -0.2) is 4.68 Å². The van der Waals surface area contributed by atoms with E-state index in [0.29, 0.717) is 13.0 Å². The van der Waals surface area contributed by atoms with E-state index >= 15 is 0 Å². The fourth-order valence-corrected chi connectivity index (χ4v) is 1.74. The Hall–Kier alpha value is -1.55. The van der Waals surface area contributed by atoms with Crippen molar-refractivity contribution >= 4 is 17.3 Å². The zero-order chi connectivity index (χ0) is 14.3. The van der Waals surface area contributed by atoms with E-state index < -0.39 is 5.56 Å². The molecule has 0 saturated carbocycles. The number of aliphatic hydroxyl groups excluding tert-OH is 1. The van der Waals surface area contributed by atoms with E-state index in [0.717, 1.165) is 4.68 Å². The van der Waals surface area contributed by atoms with Crippen LogP contribution in [0.5, 0.6) is 0 Å². The van der Waals surface area contributed by atoms with Crippen LogP contribution in [0, 0.1) is 12.3 Å². The first-order valence-corrected chi connectivity index (χ1v) is 6.07. The molecule has 19 heavy (non-hydrogen) atoms. The summed E-state index contributed by atoms with van der Waals surface area (Å²) < 4.78 is 6.15. The van der Waals surface area contributed by atoms with Gasteiger partial charge < -0.3 is 15.2 Å². The molecular formula is C12H16ClN3O3. The van der Waals surface area contributed by atoms with Crippen LogP contribution < -0.4 is 10.9 Å². The number of hydrogen-bond donors (Lipinski definition) is 2. The molecule has 1 heterocycles. The first-order valence-electron chi connectivity index (χ1n) is 5.69. The lowest BCUT2D eigenvalue weighted by Crippen LogP contribution is -2.32. The number of hydrogen-bond acceptors (Lipinski definition) is 5. The third-order valence-electron chi connectivity index (χ3n) is 2.43. The summed E-state index contributed by atoms with van der Waals surface area (Å²) in [5.41, 5.74) is -0.188. The number of halogens is 1. The molecule has 1 unspecified atom stereocenters. The minimum Gasteiger partial charge on any atom is -0.396 e. The topological polar surface area (TPSA) is 76.4 Å². The third-order valence-corrected chi connectivity index (χ3v) is 2.72. The van der Waals surface area contributed by atoms with Gasteiger partial charge in [-0.1, -0.05) is 17.5 Å². The van der Waals surface area contributed by atoms with Crippen molar-refractivity contribution in [2.45, 2.75) is 19.0 Å². The average Bonchev–Trinajstić information content (AvgIpc) is 2.38. The lowest BCUT2D eigenvalue weighted by molar-refractivity contribution is 0.170. The van der Waals surface area contributed by atoms with E-state index in [1.54, 1.807) is 0 Å². The quantitative estimate of drug-likeness (QED) is 0.707. The van der Waals surface area contributed by atoms with Crippen LogP contribution >= 0.6 is 11.6 Å². The Morgan fingerprint density at radius 2 is 2.47 bits per heavy atom. The Kier molecular flexibility index (Phi) is 6.36. The number of terminal acetylenes is 1. The van der Waals surface area contributed by atoms with Gasteiger partial charge in [-0.2, -0.15) is 5.10 Å². The van der Waals surface area contributed by atoms with E-state index in [1.807, 2.05) is 0 Å². The molecule has 0 amide bonds. The summed E-state index contributed by atoms with van der Waals surface area (Å²) >= 11 is 5.95. The summed E-state index contributed by atoms with van der Waals surface area (Å²) in [5, 5.41) is 16.0. The van der Waals surface area contributed by atoms with E-state index in [1.165, 1.54) is 13.3 Å². The highest BCUT2D eigenvalue weighted by molar-refractivity contribution is 6.33. The summed E-state index contributed by atoms with van der Waals surface area (Å²) in [4.78, 5) is 12.1. The van der Waals surface area contributed by atoms with Crippen LogP contribution in [0.1, 0.15) is 6.42 Å². The Labute approximate surface area is 116 Å². The average molecular weight is 286 g/mol. The standard InChI is InChI=1S/C12H16ClN3O3/c1-3-5-16-12(18)11(10(13)7-14-16)15-9(4-6-17)8-19-2/h1,7,9,15,17H,4-6,8H2,2H3. The molecule has 0 aliphatic carbocycles. The SMILES string of the molecule is C#CCn1ncc(Cl)c(NC(CCO)COC)c1=O. The second-order valence-electron chi connectivity index (χ2n) is 3.84. The molecule has 0 bridgehead atoms. The highest BCUT2D eigenvalue weighted by atomic mass is 35.5. The van der Waals surface area contributed by atoms with Gasteiger partial charge in [0.05, 0.1) is 23.9 Å². The van der Waals surface area contributed by atoms with Crippen LogP contribution in [0.15, 0.2) is 11.0 Å². The minimum atomic E-state index is -0.399. The Bertz CT molecular complexity index is 504. The van der Waals surface area contributed by atoms with Gasteiger partial charge in [0.1, 0.15) is 12.2 Å². The number of rotatable bonds is 7. The molecule has 1 aromatic heterocycles. The molecule has 0 saturated heterocycles. The molecule has 0 aliphatic heterocycles. The second-order valence-corrected chi connectivity index (χ2v) is 4.25. The van der Waals surface area contributed by atoms with Gasteiger partial charge >= 0.3 is 0 Å². The number of anilines is 1. The number of ether oxygens (including phenoxy) is 1. The van der Waals surface area contributed by atoms with Gasteiger partial charge in [-0.15, -0.1) is 6.42 Å².